The fraction of sp³-hybridized carbons (Fsp3) is 0.467. The number of piperidine rings is 1. The molecule has 122 valence electrons. The maximum atomic E-state index is 12.1. The number of hydrogen-bond acceptors (Lipinski definition) is 7. The van der Waals surface area contributed by atoms with Gasteiger partial charge in [0.05, 0.1) is 12.1 Å². The molecule has 2 aromatic rings. The zero-order valence-corrected chi connectivity index (χ0v) is 12.9. The molecule has 1 amide bonds. The molecule has 1 atom stereocenters. The molecule has 2 aromatic heterocycles. The van der Waals surface area contributed by atoms with Gasteiger partial charge in [-0.15, -0.1) is 0 Å². The average Bonchev–Trinajstić information content (AvgIpc) is 3.00. The molecule has 3 heterocycles. The van der Waals surface area contributed by atoms with E-state index in [0.29, 0.717) is 24.7 Å². The van der Waals surface area contributed by atoms with Crippen LogP contribution in [0.2, 0.25) is 0 Å². The zero-order valence-electron chi connectivity index (χ0n) is 12.9. The Labute approximate surface area is 133 Å². The minimum Gasteiger partial charge on any atom is -0.448 e. The Balaban J connectivity index is 1.62. The Bertz CT molecular complexity index is 675. The van der Waals surface area contributed by atoms with Crippen LogP contribution in [-0.2, 0) is 0 Å². The highest BCUT2D eigenvalue weighted by Crippen LogP contribution is 2.23. The van der Waals surface area contributed by atoms with Gasteiger partial charge >= 0.3 is 0 Å². The van der Waals surface area contributed by atoms with E-state index in [1.807, 2.05) is 4.90 Å². The van der Waals surface area contributed by atoms with Gasteiger partial charge in [-0.25, -0.2) is 15.0 Å². The molecule has 0 aliphatic carbocycles. The van der Waals surface area contributed by atoms with E-state index in [2.05, 4.69) is 20.3 Å². The molecule has 1 fully saturated rings. The van der Waals surface area contributed by atoms with Gasteiger partial charge in [0.2, 0.25) is 5.95 Å². The van der Waals surface area contributed by atoms with Gasteiger partial charge in [0.15, 0.2) is 12.1 Å². The van der Waals surface area contributed by atoms with Crippen LogP contribution in [0.4, 0.5) is 5.95 Å². The van der Waals surface area contributed by atoms with Gasteiger partial charge in [-0.05, 0) is 25.8 Å². The maximum Gasteiger partial charge on any atom is 0.273 e. The maximum absolute atomic E-state index is 12.1. The number of hydrogen-bond donors (Lipinski definition) is 2. The molecular formula is C15H19N5O3. The number of nitrogens with one attached hydrogen (secondary N) is 1. The van der Waals surface area contributed by atoms with Crippen LogP contribution in [0.15, 0.2) is 29.3 Å². The second-order valence-corrected chi connectivity index (χ2v) is 5.74. The first-order valence-corrected chi connectivity index (χ1v) is 7.50. The molecule has 0 bridgehead atoms. The van der Waals surface area contributed by atoms with Crippen LogP contribution >= 0.6 is 0 Å². The largest absolute Gasteiger partial charge is 0.448 e. The van der Waals surface area contributed by atoms with Crippen molar-refractivity contribution in [1.29, 1.82) is 0 Å². The summed E-state index contributed by atoms with van der Waals surface area (Å²) < 4.78 is 5.02. The highest BCUT2D eigenvalue weighted by Gasteiger charge is 2.35. The van der Waals surface area contributed by atoms with Crippen molar-refractivity contribution in [2.24, 2.45) is 0 Å². The van der Waals surface area contributed by atoms with E-state index >= 15 is 0 Å². The minimum absolute atomic E-state index is 0.140. The minimum atomic E-state index is -1.02. The third kappa shape index (κ3) is 3.48. The van der Waals surface area contributed by atoms with Crippen LogP contribution in [0.25, 0.3) is 0 Å². The van der Waals surface area contributed by atoms with Gasteiger partial charge in [0, 0.05) is 25.5 Å². The van der Waals surface area contributed by atoms with Gasteiger partial charge < -0.3 is 19.7 Å². The van der Waals surface area contributed by atoms with Crippen molar-refractivity contribution < 1.29 is 14.3 Å². The van der Waals surface area contributed by atoms with Crippen molar-refractivity contribution >= 4 is 11.9 Å². The van der Waals surface area contributed by atoms with Crippen molar-refractivity contribution in [2.45, 2.75) is 25.4 Å². The van der Waals surface area contributed by atoms with Crippen molar-refractivity contribution in [3.8, 4) is 0 Å². The van der Waals surface area contributed by atoms with E-state index in [0.717, 1.165) is 13.0 Å². The van der Waals surface area contributed by atoms with Crippen LogP contribution in [0.3, 0.4) is 0 Å². The predicted octanol–water partition coefficient (Wildman–Crippen LogP) is 0.534. The zero-order chi connectivity index (χ0) is 16.3. The lowest BCUT2D eigenvalue weighted by molar-refractivity contribution is 0.0251. The molecule has 0 spiro atoms. The molecule has 8 nitrogen and oxygen atoms in total. The second-order valence-electron chi connectivity index (χ2n) is 5.74. The predicted molar refractivity (Wildman–Crippen MR) is 82.0 cm³/mol. The van der Waals surface area contributed by atoms with Gasteiger partial charge in [-0.2, -0.15) is 0 Å². The lowest BCUT2D eigenvalue weighted by Gasteiger charge is -2.39. The van der Waals surface area contributed by atoms with Crippen LogP contribution in [0, 0.1) is 6.92 Å². The van der Waals surface area contributed by atoms with E-state index in [9.17, 15) is 9.90 Å². The average molecular weight is 317 g/mol. The van der Waals surface area contributed by atoms with Gasteiger partial charge in [0.25, 0.3) is 5.91 Å². The quantitative estimate of drug-likeness (QED) is 0.847. The molecule has 3 rings (SSSR count). The summed E-state index contributed by atoms with van der Waals surface area (Å²) in [6.45, 7) is 2.96. The number of aromatic nitrogens is 3. The van der Waals surface area contributed by atoms with E-state index < -0.39 is 5.60 Å². The molecule has 0 unspecified atom stereocenters. The molecule has 23 heavy (non-hydrogen) atoms. The molecule has 0 aromatic carbocycles. The van der Waals surface area contributed by atoms with E-state index in [1.165, 1.54) is 6.39 Å². The van der Waals surface area contributed by atoms with Crippen LogP contribution in [0.1, 0.15) is 29.1 Å². The van der Waals surface area contributed by atoms with Crippen LogP contribution < -0.4 is 10.2 Å². The van der Waals surface area contributed by atoms with Gasteiger partial charge in [-0.1, -0.05) is 0 Å². The topological polar surface area (TPSA) is 104 Å². The number of amides is 1. The highest BCUT2D eigenvalue weighted by molar-refractivity contribution is 5.93. The summed E-state index contributed by atoms with van der Waals surface area (Å²) in [4.78, 5) is 26.3. The van der Waals surface area contributed by atoms with Crippen molar-refractivity contribution in [1.82, 2.24) is 20.3 Å². The van der Waals surface area contributed by atoms with Gasteiger partial charge in [0.1, 0.15) is 5.76 Å². The smallest absolute Gasteiger partial charge is 0.273 e. The molecule has 0 saturated carbocycles. The van der Waals surface area contributed by atoms with E-state index in [-0.39, 0.29) is 18.1 Å². The Kier molecular flexibility index (Phi) is 4.24. The van der Waals surface area contributed by atoms with Gasteiger partial charge in [-0.3, -0.25) is 4.79 Å². The first kappa shape index (κ1) is 15.4. The first-order chi connectivity index (χ1) is 11.1. The highest BCUT2D eigenvalue weighted by atomic mass is 16.3. The number of carbonyl (C=O) groups is 1. The second kappa shape index (κ2) is 6.33. The Hall–Kier alpha value is -2.48. The number of oxazole rings is 1. The van der Waals surface area contributed by atoms with Crippen LogP contribution in [-0.4, -0.2) is 51.2 Å². The summed E-state index contributed by atoms with van der Waals surface area (Å²) in [6, 6.07) is 1.75. The van der Waals surface area contributed by atoms with Crippen LogP contribution in [0.5, 0.6) is 0 Å². The summed E-state index contributed by atoms with van der Waals surface area (Å²) >= 11 is 0. The number of aryl methyl sites for hydroxylation is 1. The molecule has 8 heteroatoms. The fourth-order valence-electron chi connectivity index (χ4n) is 2.73. The molecule has 0 radical (unpaired) electrons. The number of rotatable bonds is 4. The normalized spacial score (nSPS) is 21.2. The lowest BCUT2D eigenvalue weighted by atomic mass is 9.93. The van der Waals surface area contributed by atoms with Crippen molar-refractivity contribution in [2.75, 3.05) is 24.5 Å². The van der Waals surface area contributed by atoms with Crippen molar-refractivity contribution in [3.05, 3.63) is 36.3 Å². The SMILES string of the molecule is Cc1ocnc1C(=O)NC[C@]1(O)CCCN(c2ncccn2)C1. The number of nitrogens with zero attached hydrogens (tertiary/aromatic N) is 4. The first-order valence-electron chi connectivity index (χ1n) is 7.50. The lowest BCUT2D eigenvalue weighted by Crippen LogP contribution is -2.54. The summed E-state index contributed by atoms with van der Waals surface area (Å²) in [6.07, 6.45) is 5.98. The summed E-state index contributed by atoms with van der Waals surface area (Å²) in [5.41, 5.74) is -0.780. The molecular weight excluding hydrogens is 298 g/mol. The summed E-state index contributed by atoms with van der Waals surface area (Å²) in [7, 11) is 0. The number of β-amino-alcohol motifs (C(OH)–C–C–N with tert-alkyl or cyclic N) is 1. The van der Waals surface area contributed by atoms with E-state index in [4.69, 9.17) is 4.42 Å². The fourth-order valence-corrected chi connectivity index (χ4v) is 2.73. The molecule has 1 aliphatic heterocycles. The standard InChI is InChI=1S/C15H19N5O3/c1-11-12(19-10-23-11)13(21)18-8-15(22)4-2-7-20(9-15)14-16-5-3-6-17-14/h3,5-6,10,22H,2,4,7-9H2,1H3,(H,18,21)/t15-/m1/s1. The Morgan fingerprint density at radius 2 is 2.22 bits per heavy atom. The monoisotopic (exact) mass is 317 g/mol. The molecule has 2 N–H and O–H groups in total. The third-order valence-electron chi connectivity index (χ3n) is 3.93. The molecule has 1 saturated heterocycles. The number of aliphatic hydroxyl groups is 1. The third-order valence-corrected chi connectivity index (χ3v) is 3.93. The number of carbonyl (C=O) groups excluding carboxylic acids is 1. The van der Waals surface area contributed by atoms with Crippen molar-refractivity contribution in [3.63, 3.8) is 0 Å². The Morgan fingerprint density at radius 1 is 1.43 bits per heavy atom. The van der Waals surface area contributed by atoms with E-state index in [1.54, 1.807) is 25.4 Å². The Morgan fingerprint density at radius 3 is 2.91 bits per heavy atom. The summed E-state index contributed by atoms with van der Waals surface area (Å²) in [5.74, 6) is 0.694. The molecule has 1 aliphatic rings. The summed E-state index contributed by atoms with van der Waals surface area (Å²) in [5, 5.41) is 13.5. The number of anilines is 1.